The predicted octanol–water partition coefficient (Wildman–Crippen LogP) is 3.13. The molecular weight excluding hydrogens is 292 g/mol. The number of esters is 1. The Morgan fingerprint density at radius 1 is 1.30 bits per heavy atom. The standard InChI is InChI=1S/C18H16N2O3/c1-2-22-18(21)16(11-19)10-14-5-7-17(8-6-14)23-13-15-4-3-9-20-12-15/h3-10,12H,2,13H2,1H3/b16-10+. The fraction of sp³-hybridized carbons (Fsp3) is 0.167. The highest BCUT2D eigenvalue weighted by Crippen LogP contribution is 2.16. The summed E-state index contributed by atoms with van der Waals surface area (Å²) in [7, 11) is 0. The Kier molecular flexibility index (Phi) is 5.89. The molecule has 1 aromatic carbocycles. The van der Waals surface area contributed by atoms with Crippen LogP contribution in [0, 0.1) is 11.3 Å². The minimum atomic E-state index is -0.619. The Morgan fingerprint density at radius 2 is 2.09 bits per heavy atom. The molecule has 2 aromatic rings. The van der Waals surface area contributed by atoms with Gasteiger partial charge in [-0.1, -0.05) is 18.2 Å². The molecule has 1 aromatic heterocycles. The molecule has 0 saturated heterocycles. The molecule has 0 saturated carbocycles. The lowest BCUT2D eigenvalue weighted by molar-refractivity contribution is -0.137. The Labute approximate surface area is 134 Å². The fourth-order valence-corrected chi connectivity index (χ4v) is 1.82. The Hall–Kier alpha value is -3.13. The van der Waals surface area contributed by atoms with Crippen LogP contribution in [0.3, 0.4) is 0 Å². The SMILES string of the molecule is CCOC(=O)/C(C#N)=C/c1ccc(OCc2cccnc2)cc1. The van der Waals surface area contributed by atoms with Crippen LogP contribution in [0.1, 0.15) is 18.1 Å². The van der Waals surface area contributed by atoms with E-state index in [1.165, 1.54) is 6.08 Å². The Morgan fingerprint density at radius 3 is 2.70 bits per heavy atom. The van der Waals surface area contributed by atoms with Crippen LogP contribution in [0.25, 0.3) is 6.08 Å². The highest BCUT2D eigenvalue weighted by atomic mass is 16.5. The molecule has 1 heterocycles. The number of hydrogen-bond donors (Lipinski definition) is 0. The zero-order chi connectivity index (χ0) is 16.5. The summed E-state index contributed by atoms with van der Waals surface area (Å²) in [6.45, 7) is 2.36. The highest BCUT2D eigenvalue weighted by molar-refractivity contribution is 5.97. The summed E-state index contributed by atoms with van der Waals surface area (Å²) in [5.41, 5.74) is 1.67. The first-order chi connectivity index (χ1) is 11.2. The van der Waals surface area contributed by atoms with Gasteiger partial charge in [-0.3, -0.25) is 4.98 Å². The van der Waals surface area contributed by atoms with E-state index in [-0.39, 0.29) is 12.2 Å². The van der Waals surface area contributed by atoms with Gasteiger partial charge in [0.1, 0.15) is 24.0 Å². The number of nitrogens with zero attached hydrogens (tertiary/aromatic N) is 2. The second-order valence-electron chi connectivity index (χ2n) is 4.61. The molecule has 0 amide bonds. The lowest BCUT2D eigenvalue weighted by atomic mass is 10.1. The summed E-state index contributed by atoms with van der Waals surface area (Å²) < 4.78 is 10.5. The lowest BCUT2D eigenvalue weighted by Crippen LogP contribution is -2.05. The molecule has 0 aliphatic rings. The zero-order valence-corrected chi connectivity index (χ0v) is 12.7. The van der Waals surface area contributed by atoms with Crippen molar-refractivity contribution in [2.24, 2.45) is 0 Å². The van der Waals surface area contributed by atoms with E-state index >= 15 is 0 Å². The summed E-state index contributed by atoms with van der Waals surface area (Å²) in [6.07, 6.45) is 4.94. The summed E-state index contributed by atoms with van der Waals surface area (Å²) in [4.78, 5) is 15.6. The summed E-state index contributed by atoms with van der Waals surface area (Å²) >= 11 is 0. The van der Waals surface area contributed by atoms with E-state index in [4.69, 9.17) is 14.7 Å². The zero-order valence-electron chi connectivity index (χ0n) is 12.7. The third kappa shape index (κ3) is 4.97. The first-order valence-electron chi connectivity index (χ1n) is 7.13. The summed E-state index contributed by atoms with van der Waals surface area (Å²) in [5.74, 6) is 0.0764. The van der Waals surface area contributed by atoms with Gasteiger partial charge in [0, 0.05) is 18.0 Å². The van der Waals surface area contributed by atoms with Gasteiger partial charge < -0.3 is 9.47 Å². The van der Waals surface area contributed by atoms with E-state index in [9.17, 15) is 4.79 Å². The third-order valence-electron chi connectivity index (χ3n) is 2.94. The molecule has 0 bridgehead atoms. The van der Waals surface area contributed by atoms with Gasteiger partial charge >= 0.3 is 5.97 Å². The van der Waals surface area contributed by atoms with Crippen molar-refractivity contribution in [1.82, 2.24) is 4.98 Å². The molecule has 0 aliphatic carbocycles. The maximum atomic E-state index is 11.6. The van der Waals surface area contributed by atoms with Crippen molar-refractivity contribution in [1.29, 1.82) is 5.26 Å². The molecule has 0 N–H and O–H groups in total. The molecule has 0 fully saturated rings. The molecule has 2 rings (SSSR count). The van der Waals surface area contributed by atoms with Crippen LogP contribution in [0.4, 0.5) is 0 Å². The molecular formula is C18H16N2O3. The van der Waals surface area contributed by atoms with Crippen molar-refractivity contribution in [3.63, 3.8) is 0 Å². The van der Waals surface area contributed by atoms with Crippen LogP contribution in [-0.4, -0.2) is 17.6 Å². The minimum Gasteiger partial charge on any atom is -0.489 e. The number of nitriles is 1. The first-order valence-corrected chi connectivity index (χ1v) is 7.13. The van der Waals surface area contributed by atoms with Crippen molar-refractivity contribution in [2.45, 2.75) is 13.5 Å². The molecule has 23 heavy (non-hydrogen) atoms. The maximum absolute atomic E-state index is 11.6. The molecule has 116 valence electrons. The maximum Gasteiger partial charge on any atom is 0.348 e. The number of carbonyl (C=O) groups is 1. The van der Waals surface area contributed by atoms with Gasteiger partial charge in [0.25, 0.3) is 0 Å². The Balaban J connectivity index is 2.01. The van der Waals surface area contributed by atoms with E-state index in [0.717, 1.165) is 11.1 Å². The number of pyridine rings is 1. The smallest absolute Gasteiger partial charge is 0.348 e. The van der Waals surface area contributed by atoms with Crippen molar-refractivity contribution in [3.05, 3.63) is 65.5 Å². The largest absolute Gasteiger partial charge is 0.489 e. The van der Waals surface area contributed by atoms with Crippen LogP contribution in [0.15, 0.2) is 54.4 Å². The molecule has 0 aliphatic heterocycles. The van der Waals surface area contributed by atoms with Gasteiger partial charge in [-0.25, -0.2) is 4.79 Å². The van der Waals surface area contributed by atoms with E-state index in [1.54, 1.807) is 43.6 Å². The second-order valence-corrected chi connectivity index (χ2v) is 4.61. The van der Waals surface area contributed by atoms with E-state index in [0.29, 0.717) is 12.4 Å². The molecule has 0 radical (unpaired) electrons. The highest BCUT2D eigenvalue weighted by Gasteiger charge is 2.09. The number of benzene rings is 1. The van der Waals surface area contributed by atoms with Gasteiger partial charge in [0.2, 0.25) is 0 Å². The molecule has 5 nitrogen and oxygen atoms in total. The van der Waals surface area contributed by atoms with Gasteiger partial charge in [0.15, 0.2) is 0 Å². The van der Waals surface area contributed by atoms with Gasteiger partial charge in [0.05, 0.1) is 6.61 Å². The predicted molar refractivity (Wildman–Crippen MR) is 85.2 cm³/mol. The summed E-state index contributed by atoms with van der Waals surface area (Å²) in [5, 5.41) is 9.00. The minimum absolute atomic E-state index is 0.0316. The van der Waals surface area contributed by atoms with E-state index in [1.807, 2.05) is 18.2 Å². The number of hydrogen-bond acceptors (Lipinski definition) is 5. The van der Waals surface area contributed by atoms with Crippen LogP contribution < -0.4 is 4.74 Å². The fourth-order valence-electron chi connectivity index (χ4n) is 1.82. The quantitative estimate of drug-likeness (QED) is 0.466. The normalized spacial score (nSPS) is 10.7. The molecule has 0 spiro atoms. The van der Waals surface area contributed by atoms with Gasteiger partial charge in [-0.05, 0) is 36.8 Å². The first kappa shape index (κ1) is 16.2. The Bertz CT molecular complexity index is 716. The van der Waals surface area contributed by atoms with Gasteiger partial charge in [-0.15, -0.1) is 0 Å². The van der Waals surface area contributed by atoms with Crippen molar-refractivity contribution >= 4 is 12.0 Å². The second kappa shape index (κ2) is 8.35. The van der Waals surface area contributed by atoms with Crippen molar-refractivity contribution in [3.8, 4) is 11.8 Å². The van der Waals surface area contributed by atoms with Crippen LogP contribution in [-0.2, 0) is 16.1 Å². The average Bonchev–Trinajstić information content (AvgIpc) is 2.60. The monoisotopic (exact) mass is 308 g/mol. The summed E-state index contributed by atoms with van der Waals surface area (Å²) in [6, 6.07) is 12.7. The number of rotatable bonds is 6. The molecule has 5 heteroatoms. The van der Waals surface area contributed by atoms with Crippen LogP contribution in [0.5, 0.6) is 5.75 Å². The number of aromatic nitrogens is 1. The third-order valence-corrected chi connectivity index (χ3v) is 2.94. The van der Waals surface area contributed by atoms with E-state index in [2.05, 4.69) is 4.98 Å². The van der Waals surface area contributed by atoms with Crippen molar-refractivity contribution in [2.75, 3.05) is 6.61 Å². The number of ether oxygens (including phenoxy) is 2. The average molecular weight is 308 g/mol. The topological polar surface area (TPSA) is 72.2 Å². The number of carbonyl (C=O) groups excluding carboxylic acids is 1. The van der Waals surface area contributed by atoms with Crippen LogP contribution in [0.2, 0.25) is 0 Å². The lowest BCUT2D eigenvalue weighted by Gasteiger charge is -2.06. The molecule has 0 atom stereocenters. The van der Waals surface area contributed by atoms with E-state index < -0.39 is 5.97 Å². The van der Waals surface area contributed by atoms with Crippen LogP contribution >= 0.6 is 0 Å². The molecule has 0 unspecified atom stereocenters. The van der Waals surface area contributed by atoms with Crippen molar-refractivity contribution < 1.29 is 14.3 Å². The van der Waals surface area contributed by atoms with Gasteiger partial charge in [-0.2, -0.15) is 5.26 Å².